The molecule has 0 aromatic heterocycles. The van der Waals surface area contributed by atoms with Crippen LogP contribution in [0.3, 0.4) is 0 Å². The smallest absolute Gasteiger partial charge is 0.193 e. The van der Waals surface area contributed by atoms with E-state index in [2.05, 4.69) is 6.92 Å². The van der Waals surface area contributed by atoms with Gasteiger partial charge >= 0.3 is 0 Å². The Labute approximate surface area is 136 Å². The van der Waals surface area contributed by atoms with Gasteiger partial charge in [0, 0.05) is 11.1 Å². The van der Waals surface area contributed by atoms with Gasteiger partial charge in [-0.1, -0.05) is 67.6 Å². The van der Waals surface area contributed by atoms with E-state index in [0.29, 0.717) is 5.56 Å². The van der Waals surface area contributed by atoms with Gasteiger partial charge in [0.25, 0.3) is 0 Å². The van der Waals surface area contributed by atoms with Gasteiger partial charge in [-0.15, -0.1) is 0 Å². The highest BCUT2D eigenvalue weighted by Gasteiger charge is 2.16. The van der Waals surface area contributed by atoms with E-state index in [0.717, 1.165) is 28.7 Å². The first-order valence-electron chi connectivity index (χ1n) is 7.71. The Hall–Kier alpha value is -2.87. The highest BCUT2D eigenvalue weighted by molar-refractivity contribution is 6.10. The van der Waals surface area contributed by atoms with Crippen molar-refractivity contribution in [2.75, 3.05) is 0 Å². The average Bonchev–Trinajstić information content (AvgIpc) is 2.62. The number of carbonyl (C=O) groups is 1. The quantitative estimate of drug-likeness (QED) is 0.699. The molecule has 114 valence electrons. The zero-order chi connectivity index (χ0) is 16.2. The van der Waals surface area contributed by atoms with E-state index in [4.69, 9.17) is 0 Å². The molecule has 3 aromatic rings. The summed E-state index contributed by atoms with van der Waals surface area (Å²) in [6.07, 6.45) is 0.769. The van der Waals surface area contributed by atoms with Crippen molar-refractivity contribution in [3.05, 3.63) is 89.5 Å². The number of hydrogen-bond donors (Lipinski definition) is 1. The zero-order valence-electron chi connectivity index (χ0n) is 13.0. The number of aromatic hydroxyl groups is 1. The second kappa shape index (κ2) is 6.49. The molecule has 0 saturated carbocycles. The summed E-state index contributed by atoms with van der Waals surface area (Å²) in [5, 5.41) is 9.47. The number of rotatable bonds is 4. The first-order valence-corrected chi connectivity index (χ1v) is 7.71. The maximum absolute atomic E-state index is 12.8. The van der Waals surface area contributed by atoms with Gasteiger partial charge in [0.1, 0.15) is 5.75 Å². The van der Waals surface area contributed by atoms with Crippen molar-refractivity contribution in [3.8, 4) is 16.9 Å². The van der Waals surface area contributed by atoms with Crippen LogP contribution in [0, 0.1) is 0 Å². The highest BCUT2D eigenvalue weighted by atomic mass is 16.3. The minimum atomic E-state index is 0.0445. The second-order valence-corrected chi connectivity index (χ2v) is 5.43. The summed E-state index contributed by atoms with van der Waals surface area (Å²) >= 11 is 0. The third-order valence-corrected chi connectivity index (χ3v) is 3.99. The molecule has 0 amide bonds. The van der Waals surface area contributed by atoms with E-state index >= 15 is 0 Å². The topological polar surface area (TPSA) is 37.3 Å². The van der Waals surface area contributed by atoms with Gasteiger partial charge in [0.05, 0.1) is 0 Å². The highest BCUT2D eigenvalue weighted by Crippen LogP contribution is 2.29. The van der Waals surface area contributed by atoms with E-state index in [1.807, 2.05) is 60.7 Å². The van der Waals surface area contributed by atoms with E-state index in [1.165, 1.54) is 0 Å². The predicted octanol–water partition coefficient (Wildman–Crippen LogP) is 4.85. The van der Waals surface area contributed by atoms with Gasteiger partial charge in [0.15, 0.2) is 5.78 Å². The van der Waals surface area contributed by atoms with Crippen molar-refractivity contribution in [2.24, 2.45) is 0 Å². The molecule has 23 heavy (non-hydrogen) atoms. The SMILES string of the molecule is CCc1c(C(=O)c2ccccc2)cccc1-c1ccc(O)cc1. The molecular formula is C21H18O2. The molecule has 3 rings (SSSR count). The predicted molar refractivity (Wildman–Crippen MR) is 92.8 cm³/mol. The molecule has 0 radical (unpaired) electrons. The molecule has 0 aliphatic rings. The molecule has 3 aromatic carbocycles. The number of phenols is 1. The number of carbonyl (C=O) groups excluding carboxylic acids is 1. The van der Waals surface area contributed by atoms with Gasteiger partial charge in [-0.2, -0.15) is 0 Å². The maximum Gasteiger partial charge on any atom is 0.193 e. The van der Waals surface area contributed by atoms with E-state index in [-0.39, 0.29) is 11.5 Å². The summed E-state index contributed by atoms with van der Waals surface area (Å²) in [6, 6.07) is 22.3. The Bertz CT molecular complexity index is 818. The van der Waals surface area contributed by atoms with Crippen LogP contribution >= 0.6 is 0 Å². The first-order chi connectivity index (χ1) is 11.2. The lowest BCUT2D eigenvalue weighted by Gasteiger charge is -2.13. The van der Waals surface area contributed by atoms with Crippen LogP contribution in [0.25, 0.3) is 11.1 Å². The van der Waals surface area contributed by atoms with Crippen LogP contribution < -0.4 is 0 Å². The summed E-state index contributed by atoms with van der Waals surface area (Å²) in [5.74, 6) is 0.284. The molecule has 0 spiro atoms. The molecule has 2 heteroatoms. The lowest BCUT2D eigenvalue weighted by Crippen LogP contribution is -2.06. The van der Waals surface area contributed by atoms with Crippen molar-refractivity contribution in [3.63, 3.8) is 0 Å². The first kappa shape index (κ1) is 15.0. The molecule has 0 aliphatic carbocycles. The monoisotopic (exact) mass is 302 g/mol. The normalized spacial score (nSPS) is 10.5. The fourth-order valence-corrected chi connectivity index (χ4v) is 2.84. The van der Waals surface area contributed by atoms with Crippen LogP contribution in [-0.2, 0) is 6.42 Å². The number of hydrogen-bond acceptors (Lipinski definition) is 2. The van der Waals surface area contributed by atoms with Gasteiger partial charge in [0.2, 0.25) is 0 Å². The molecule has 0 heterocycles. The number of phenolic OH excluding ortho intramolecular Hbond substituents is 1. The Balaban J connectivity index is 2.11. The summed E-state index contributed by atoms with van der Waals surface area (Å²) < 4.78 is 0. The lowest BCUT2D eigenvalue weighted by atomic mass is 9.90. The van der Waals surface area contributed by atoms with Crippen molar-refractivity contribution in [1.29, 1.82) is 0 Å². The Kier molecular flexibility index (Phi) is 4.24. The summed E-state index contributed by atoms with van der Waals surface area (Å²) in [6.45, 7) is 2.06. The van der Waals surface area contributed by atoms with E-state index < -0.39 is 0 Å². The summed E-state index contributed by atoms with van der Waals surface area (Å²) in [4.78, 5) is 12.8. The zero-order valence-corrected chi connectivity index (χ0v) is 13.0. The largest absolute Gasteiger partial charge is 0.508 e. The van der Waals surface area contributed by atoms with E-state index in [9.17, 15) is 9.90 Å². The van der Waals surface area contributed by atoms with Crippen LogP contribution in [0.5, 0.6) is 5.75 Å². The Morgan fingerprint density at radius 2 is 1.57 bits per heavy atom. The molecule has 2 nitrogen and oxygen atoms in total. The molecule has 0 bridgehead atoms. The fraction of sp³-hybridized carbons (Fsp3) is 0.0952. The molecule has 0 fully saturated rings. The summed E-state index contributed by atoms with van der Waals surface area (Å²) in [5.41, 5.74) is 4.51. The van der Waals surface area contributed by atoms with Gasteiger partial charge in [-0.3, -0.25) is 4.79 Å². The van der Waals surface area contributed by atoms with Crippen molar-refractivity contribution in [1.82, 2.24) is 0 Å². The van der Waals surface area contributed by atoms with Crippen LogP contribution in [0.2, 0.25) is 0 Å². The Morgan fingerprint density at radius 1 is 0.870 bits per heavy atom. The van der Waals surface area contributed by atoms with Crippen LogP contribution in [0.4, 0.5) is 0 Å². The van der Waals surface area contributed by atoms with Gasteiger partial charge in [-0.05, 0) is 35.2 Å². The molecule has 1 N–H and O–H groups in total. The van der Waals surface area contributed by atoms with Crippen LogP contribution in [0.15, 0.2) is 72.8 Å². The third kappa shape index (κ3) is 3.02. The minimum absolute atomic E-state index is 0.0445. The van der Waals surface area contributed by atoms with Gasteiger partial charge in [-0.25, -0.2) is 0 Å². The molecule has 0 atom stereocenters. The number of benzene rings is 3. The van der Waals surface area contributed by atoms with Crippen LogP contribution in [-0.4, -0.2) is 10.9 Å². The third-order valence-electron chi connectivity index (χ3n) is 3.99. The van der Waals surface area contributed by atoms with Gasteiger partial charge < -0.3 is 5.11 Å². The molecule has 0 aliphatic heterocycles. The average molecular weight is 302 g/mol. The van der Waals surface area contributed by atoms with Crippen molar-refractivity contribution in [2.45, 2.75) is 13.3 Å². The maximum atomic E-state index is 12.8. The minimum Gasteiger partial charge on any atom is -0.508 e. The fourth-order valence-electron chi connectivity index (χ4n) is 2.84. The standard InChI is InChI=1S/C21H18O2/c1-2-18-19(15-11-13-17(22)14-12-15)9-6-10-20(18)21(23)16-7-4-3-5-8-16/h3-14,22H,2H2,1H3. The van der Waals surface area contributed by atoms with Crippen LogP contribution in [0.1, 0.15) is 28.4 Å². The number of ketones is 1. The Morgan fingerprint density at radius 3 is 2.22 bits per heavy atom. The van der Waals surface area contributed by atoms with Crippen molar-refractivity contribution >= 4 is 5.78 Å². The molecule has 0 unspecified atom stereocenters. The molecular weight excluding hydrogens is 284 g/mol. The van der Waals surface area contributed by atoms with Crippen molar-refractivity contribution < 1.29 is 9.90 Å². The lowest BCUT2D eigenvalue weighted by molar-refractivity contribution is 0.103. The second-order valence-electron chi connectivity index (χ2n) is 5.43. The van der Waals surface area contributed by atoms with E-state index in [1.54, 1.807) is 12.1 Å². The molecule has 0 saturated heterocycles. The summed E-state index contributed by atoms with van der Waals surface area (Å²) in [7, 11) is 0.